The average molecular weight is 277 g/mol. The predicted molar refractivity (Wildman–Crippen MR) is 77.4 cm³/mol. The average Bonchev–Trinajstić information content (AvgIpc) is 2.70. The molecule has 0 aliphatic heterocycles. The third-order valence-electron chi connectivity index (χ3n) is 3.69. The SMILES string of the molecule is Clc1ccccc1CC1Cc2ccccc2C1Cl. The van der Waals surface area contributed by atoms with Crippen molar-refractivity contribution in [3.8, 4) is 0 Å². The summed E-state index contributed by atoms with van der Waals surface area (Å²) >= 11 is 12.8. The molecule has 18 heavy (non-hydrogen) atoms. The molecule has 1 aliphatic carbocycles. The molecule has 0 heterocycles. The van der Waals surface area contributed by atoms with Crippen LogP contribution in [0.5, 0.6) is 0 Å². The zero-order valence-electron chi connectivity index (χ0n) is 9.94. The standard InChI is InChI=1S/C16H14Cl2/c17-15-8-4-2-6-12(15)10-13-9-11-5-1-3-7-14(11)16(13)18/h1-8,13,16H,9-10H2. The van der Waals surface area contributed by atoms with Gasteiger partial charge >= 0.3 is 0 Å². The van der Waals surface area contributed by atoms with Crippen LogP contribution in [0.3, 0.4) is 0 Å². The summed E-state index contributed by atoms with van der Waals surface area (Å²) in [6.45, 7) is 0. The molecule has 2 atom stereocenters. The highest BCUT2D eigenvalue weighted by Crippen LogP contribution is 2.42. The molecule has 0 aromatic heterocycles. The smallest absolute Gasteiger partial charge is 0.0622 e. The van der Waals surface area contributed by atoms with Crippen LogP contribution in [0.25, 0.3) is 0 Å². The fraction of sp³-hybridized carbons (Fsp3) is 0.250. The lowest BCUT2D eigenvalue weighted by atomic mass is 9.96. The Kier molecular flexibility index (Phi) is 3.32. The van der Waals surface area contributed by atoms with E-state index in [1.54, 1.807) is 0 Å². The third kappa shape index (κ3) is 2.15. The number of alkyl halides is 1. The van der Waals surface area contributed by atoms with Crippen molar-refractivity contribution < 1.29 is 0 Å². The van der Waals surface area contributed by atoms with Gasteiger partial charge in [-0.25, -0.2) is 0 Å². The third-order valence-corrected chi connectivity index (χ3v) is 4.65. The Morgan fingerprint density at radius 2 is 1.72 bits per heavy atom. The van der Waals surface area contributed by atoms with Gasteiger partial charge < -0.3 is 0 Å². The van der Waals surface area contributed by atoms with E-state index < -0.39 is 0 Å². The molecule has 3 rings (SSSR count). The van der Waals surface area contributed by atoms with Gasteiger partial charge in [0.1, 0.15) is 0 Å². The first-order valence-electron chi connectivity index (χ1n) is 6.21. The minimum atomic E-state index is 0.109. The number of rotatable bonds is 2. The second kappa shape index (κ2) is 4.95. The van der Waals surface area contributed by atoms with Gasteiger partial charge in [-0.05, 0) is 41.5 Å². The van der Waals surface area contributed by atoms with E-state index in [1.807, 2.05) is 18.2 Å². The predicted octanol–water partition coefficient (Wildman–Crippen LogP) is 5.03. The van der Waals surface area contributed by atoms with Gasteiger partial charge in [0.15, 0.2) is 0 Å². The Hall–Kier alpha value is -0.980. The summed E-state index contributed by atoms with van der Waals surface area (Å²) < 4.78 is 0. The van der Waals surface area contributed by atoms with Crippen LogP contribution in [0.15, 0.2) is 48.5 Å². The van der Waals surface area contributed by atoms with E-state index in [4.69, 9.17) is 23.2 Å². The second-order valence-electron chi connectivity index (χ2n) is 4.86. The van der Waals surface area contributed by atoms with E-state index in [1.165, 1.54) is 16.7 Å². The van der Waals surface area contributed by atoms with Gasteiger partial charge in [-0.15, -0.1) is 11.6 Å². The van der Waals surface area contributed by atoms with Gasteiger partial charge in [-0.1, -0.05) is 54.1 Å². The lowest BCUT2D eigenvalue weighted by Gasteiger charge is -2.15. The highest BCUT2D eigenvalue weighted by Gasteiger charge is 2.30. The monoisotopic (exact) mass is 276 g/mol. The molecule has 0 fully saturated rings. The first kappa shape index (κ1) is 12.1. The maximum Gasteiger partial charge on any atom is 0.0622 e. The topological polar surface area (TPSA) is 0 Å². The van der Waals surface area contributed by atoms with Crippen LogP contribution in [-0.2, 0) is 12.8 Å². The minimum Gasteiger partial charge on any atom is -0.117 e. The van der Waals surface area contributed by atoms with Gasteiger partial charge in [0, 0.05) is 5.02 Å². The van der Waals surface area contributed by atoms with Crippen molar-refractivity contribution in [2.24, 2.45) is 5.92 Å². The number of hydrogen-bond donors (Lipinski definition) is 0. The van der Waals surface area contributed by atoms with Crippen LogP contribution in [0, 0.1) is 5.92 Å². The van der Waals surface area contributed by atoms with E-state index in [-0.39, 0.29) is 5.38 Å². The molecule has 0 bridgehead atoms. The van der Waals surface area contributed by atoms with Crippen molar-refractivity contribution in [2.45, 2.75) is 18.2 Å². The highest BCUT2D eigenvalue weighted by atomic mass is 35.5. The second-order valence-corrected chi connectivity index (χ2v) is 5.74. The normalized spacial score (nSPS) is 21.9. The summed E-state index contributed by atoms with van der Waals surface area (Å²) in [7, 11) is 0. The van der Waals surface area contributed by atoms with Gasteiger partial charge in [0.2, 0.25) is 0 Å². The van der Waals surface area contributed by atoms with Crippen molar-refractivity contribution >= 4 is 23.2 Å². The summed E-state index contributed by atoms with van der Waals surface area (Å²) in [6, 6.07) is 16.5. The number of fused-ring (bicyclic) bond motifs is 1. The van der Waals surface area contributed by atoms with E-state index in [0.29, 0.717) is 5.92 Å². The molecule has 1 aliphatic rings. The fourth-order valence-corrected chi connectivity index (χ4v) is 3.35. The van der Waals surface area contributed by atoms with Crippen LogP contribution in [0.2, 0.25) is 5.02 Å². The van der Waals surface area contributed by atoms with Crippen LogP contribution in [-0.4, -0.2) is 0 Å². The van der Waals surface area contributed by atoms with Crippen molar-refractivity contribution in [2.75, 3.05) is 0 Å². The molecule has 0 saturated carbocycles. The molecule has 0 saturated heterocycles. The summed E-state index contributed by atoms with van der Waals surface area (Å²) in [5, 5.41) is 0.954. The van der Waals surface area contributed by atoms with Crippen molar-refractivity contribution in [1.29, 1.82) is 0 Å². The fourth-order valence-electron chi connectivity index (χ4n) is 2.75. The highest BCUT2D eigenvalue weighted by molar-refractivity contribution is 6.31. The molecule has 0 spiro atoms. The Balaban J connectivity index is 1.83. The van der Waals surface area contributed by atoms with E-state index >= 15 is 0 Å². The number of hydrogen-bond acceptors (Lipinski definition) is 0. The summed E-state index contributed by atoms with van der Waals surface area (Å²) in [5.41, 5.74) is 3.87. The van der Waals surface area contributed by atoms with Crippen LogP contribution < -0.4 is 0 Å². The van der Waals surface area contributed by atoms with Gasteiger partial charge in [0.25, 0.3) is 0 Å². The summed E-state index contributed by atoms with van der Waals surface area (Å²) in [6.07, 6.45) is 2.00. The number of benzene rings is 2. The lowest BCUT2D eigenvalue weighted by Crippen LogP contribution is -2.07. The van der Waals surface area contributed by atoms with Crippen LogP contribution >= 0.6 is 23.2 Å². The Bertz CT molecular complexity index is 563. The van der Waals surface area contributed by atoms with Crippen molar-refractivity contribution in [3.05, 3.63) is 70.2 Å². The van der Waals surface area contributed by atoms with Crippen molar-refractivity contribution in [3.63, 3.8) is 0 Å². The quantitative estimate of drug-likeness (QED) is 0.675. The number of halogens is 2. The lowest BCUT2D eigenvalue weighted by molar-refractivity contribution is 0.543. The maximum atomic E-state index is 6.57. The molecule has 0 nitrogen and oxygen atoms in total. The summed E-state index contributed by atoms with van der Waals surface area (Å²) in [5.74, 6) is 0.448. The minimum absolute atomic E-state index is 0.109. The molecular formula is C16H14Cl2. The first-order valence-corrected chi connectivity index (χ1v) is 7.02. The molecule has 0 amide bonds. The van der Waals surface area contributed by atoms with Crippen LogP contribution in [0.1, 0.15) is 22.1 Å². The molecule has 92 valence electrons. The van der Waals surface area contributed by atoms with Crippen LogP contribution in [0.4, 0.5) is 0 Å². The Morgan fingerprint density at radius 3 is 2.50 bits per heavy atom. The molecule has 2 aromatic carbocycles. The largest absolute Gasteiger partial charge is 0.117 e. The van der Waals surface area contributed by atoms with Crippen molar-refractivity contribution in [1.82, 2.24) is 0 Å². The van der Waals surface area contributed by atoms with Gasteiger partial charge in [0.05, 0.1) is 5.38 Å². The van der Waals surface area contributed by atoms with Gasteiger partial charge in [-0.3, -0.25) is 0 Å². The Morgan fingerprint density at radius 1 is 1.00 bits per heavy atom. The summed E-state index contributed by atoms with van der Waals surface area (Å²) in [4.78, 5) is 0. The van der Waals surface area contributed by atoms with E-state index in [2.05, 4.69) is 30.3 Å². The van der Waals surface area contributed by atoms with E-state index in [9.17, 15) is 0 Å². The zero-order chi connectivity index (χ0) is 12.5. The molecule has 0 radical (unpaired) electrons. The first-order chi connectivity index (χ1) is 8.75. The van der Waals surface area contributed by atoms with Gasteiger partial charge in [-0.2, -0.15) is 0 Å². The van der Waals surface area contributed by atoms with E-state index in [0.717, 1.165) is 17.9 Å². The Labute approximate surface area is 118 Å². The molecular weight excluding hydrogens is 263 g/mol. The molecule has 2 aromatic rings. The molecule has 0 N–H and O–H groups in total. The zero-order valence-corrected chi connectivity index (χ0v) is 11.5. The maximum absolute atomic E-state index is 6.57. The molecule has 2 heteroatoms. The molecule has 2 unspecified atom stereocenters.